The highest BCUT2D eigenvalue weighted by atomic mass is 79.9. The average molecular weight is 293 g/mol. The highest BCUT2D eigenvalue weighted by Crippen LogP contribution is 2.20. The minimum atomic E-state index is -0.467. The lowest BCUT2D eigenvalue weighted by Gasteiger charge is -2.02. The number of halogens is 1. The molecule has 1 aromatic carbocycles. The lowest BCUT2D eigenvalue weighted by molar-refractivity contribution is 0.0594. The van der Waals surface area contributed by atoms with Crippen LogP contribution in [-0.4, -0.2) is 23.0 Å². The smallest absolute Gasteiger partial charge is 0.356 e. The predicted molar refractivity (Wildman–Crippen MR) is 66.5 cm³/mol. The molecule has 2 rings (SSSR count). The summed E-state index contributed by atoms with van der Waals surface area (Å²) in [6.07, 6.45) is 1.35. The van der Waals surface area contributed by atoms with Crippen LogP contribution in [0.15, 0.2) is 41.1 Å². The summed E-state index contributed by atoms with van der Waals surface area (Å²) in [5, 5.41) is 0. The normalized spacial score (nSPS) is 10.0. The molecular formula is C12H9BrN2O2. The van der Waals surface area contributed by atoms with E-state index in [1.54, 1.807) is 6.07 Å². The third-order valence-corrected chi connectivity index (χ3v) is 2.73. The molecule has 0 fully saturated rings. The van der Waals surface area contributed by atoms with E-state index in [0.29, 0.717) is 5.69 Å². The summed E-state index contributed by atoms with van der Waals surface area (Å²) in [4.78, 5) is 19.3. The van der Waals surface area contributed by atoms with Crippen LogP contribution in [0, 0.1) is 0 Å². The fourth-order valence-electron chi connectivity index (χ4n) is 1.35. The number of carbonyl (C=O) groups excluding carboxylic acids is 1. The first-order valence-corrected chi connectivity index (χ1v) is 5.66. The van der Waals surface area contributed by atoms with E-state index in [1.165, 1.54) is 13.4 Å². The molecule has 0 spiro atoms. The Morgan fingerprint density at radius 3 is 2.59 bits per heavy atom. The Labute approximate surface area is 107 Å². The van der Waals surface area contributed by atoms with Crippen molar-refractivity contribution in [2.45, 2.75) is 0 Å². The first kappa shape index (κ1) is 11.7. The van der Waals surface area contributed by atoms with E-state index in [0.717, 1.165) is 10.0 Å². The molecular weight excluding hydrogens is 284 g/mol. The second-order valence-electron chi connectivity index (χ2n) is 3.29. The van der Waals surface area contributed by atoms with Crippen LogP contribution in [0.25, 0.3) is 11.3 Å². The van der Waals surface area contributed by atoms with Gasteiger partial charge in [0.2, 0.25) is 0 Å². The number of esters is 1. The van der Waals surface area contributed by atoms with Crippen molar-refractivity contribution in [2.75, 3.05) is 7.11 Å². The molecule has 1 heterocycles. The van der Waals surface area contributed by atoms with E-state index in [1.807, 2.05) is 24.3 Å². The van der Waals surface area contributed by atoms with Crippen LogP contribution in [0.4, 0.5) is 0 Å². The van der Waals surface area contributed by atoms with Crippen molar-refractivity contribution >= 4 is 21.9 Å². The second-order valence-corrected chi connectivity index (χ2v) is 4.20. The van der Waals surface area contributed by atoms with E-state index in [4.69, 9.17) is 0 Å². The van der Waals surface area contributed by atoms with Crippen LogP contribution in [0.2, 0.25) is 0 Å². The zero-order chi connectivity index (χ0) is 12.3. The minimum Gasteiger partial charge on any atom is -0.464 e. The Bertz CT molecular complexity index is 540. The molecule has 0 saturated carbocycles. The number of hydrogen-bond donors (Lipinski definition) is 0. The summed E-state index contributed by atoms with van der Waals surface area (Å²) < 4.78 is 5.60. The van der Waals surface area contributed by atoms with E-state index in [2.05, 4.69) is 30.6 Å². The number of hydrogen-bond acceptors (Lipinski definition) is 4. The summed E-state index contributed by atoms with van der Waals surface area (Å²) in [7, 11) is 1.32. The SMILES string of the molecule is COC(=O)c1cc(-c2ccc(Br)cc2)ncn1. The third kappa shape index (κ3) is 2.68. The van der Waals surface area contributed by atoms with Crippen molar-refractivity contribution in [1.82, 2.24) is 9.97 Å². The molecule has 0 amide bonds. The van der Waals surface area contributed by atoms with Gasteiger partial charge in [0.1, 0.15) is 6.33 Å². The van der Waals surface area contributed by atoms with Crippen LogP contribution in [0.5, 0.6) is 0 Å². The Balaban J connectivity index is 2.39. The lowest BCUT2D eigenvalue weighted by atomic mass is 10.1. The molecule has 0 N–H and O–H groups in total. The van der Waals surface area contributed by atoms with Gasteiger partial charge in [-0.25, -0.2) is 14.8 Å². The van der Waals surface area contributed by atoms with E-state index in [9.17, 15) is 4.79 Å². The van der Waals surface area contributed by atoms with Gasteiger partial charge in [-0.05, 0) is 18.2 Å². The van der Waals surface area contributed by atoms with Gasteiger partial charge in [0.25, 0.3) is 0 Å². The van der Waals surface area contributed by atoms with Gasteiger partial charge in [-0.3, -0.25) is 0 Å². The largest absolute Gasteiger partial charge is 0.464 e. The number of benzene rings is 1. The molecule has 0 aliphatic rings. The zero-order valence-corrected chi connectivity index (χ0v) is 10.6. The fraction of sp³-hybridized carbons (Fsp3) is 0.0833. The van der Waals surface area contributed by atoms with Crippen LogP contribution < -0.4 is 0 Å². The highest BCUT2D eigenvalue weighted by molar-refractivity contribution is 9.10. The zero-order valence-electron chi connectivity index (χ0n) is 9.05. The van der Waals surface area contributed by atoms with Crippen LogP contribution in [-0.2, 0) is 4.74 Å². The highest BCUT2D eigenvalue weighted by Gasteiger charge is 2.09. The van der Waals surface area contributed by atoms with Gasteiger partial charge in [-0.1, -0.05) is 28.1 Å². The van der Waals surface area contributed by atoms with Gasteiger partial charge in [0.05, 0.1) is 12.8 Å². The molecule has 0 unspecified atom stereocenters. The standard InChI is InChI=1S/C12H9BrN2O2/c1-17-12(16)11-6-10(14-7-15-11)8-2-4-9(13)5-3-8/h2-7H,1H3. The maximum absolute atomic E-state index is 11.3. The molecule has 4 nitrogen and oxygen atoms in total. The predicted octanol–water partition coefficient (Wildman–Crippen LogP) is 2.69. The number of ether oxygens (including phenoxy) is 1. The van der Waals surface area contributed by atoms with Gasteiger partial charge in [-0.2, -0.15) is 0 Å². The molecule has 17 heavy (non-hydrogen) atoms. The van der Waals surface area contributed by atoms with Crippen LogP contribution in [0.3, 0.4) is 0 Å². The molecule has 0 aliphatic carbocycles. The quantitative estimate of drug-likeness (QED) is 0.799. The molecule has 86 valence electrons. The van der Waals surface area contributed by atoms with E-state index in [-0.39, 0.29) is 5.69 Å². The van der Waals surface area contributed by atoms with Gasteiger partial charge >= 0.3 is 5.97 Å². The van der Waals surface area contributed by atoms with Crippen molar-refractivity contribution in [2.24, 2.45) is 0 Å². The molecule has 5 heteroatoms. The Morgan fingerprint density at radius 2 is 1.94 bits per heavy atom. The first-order valence-electron chi connectivity index (χ1n) is 4.87. The van der Waals surface area contributed by atoms with Crippen LogP contribution in [0.1, 0.15) is 10.5 Å². The molecule has 0 aliphatic heterocycles. The Hall–Kier alpha value is -1.75. The number of nitrogens with zero attached hydrogens (tertiary/aromatic N) is 2. The summed E-state index contributed by atoms with van der Waals surface area (Å²) in [5.41, 5.74) is 1.86. The van der Waals surface area contributed by atoms with E-state index < -0.39 is 5.97 Å². The third-order valence-electron chi connectivity index (χ3n) is 2.20. The lowest BCUT2D eigenvalue weighted by Crippen LogP contribution is -2.04. The number of rotatable bonds is 2. The second kappa shape index (κ2) is 5.05. The van der Waals surface area contributed by atoms with Crippen molar-refractivity contribution in [3.8, 4) is 11.3 Å². The summed E-state index contributed by atoms with van der Waals surface area (Å²) in [6, 6.07) is 9.25. The number of methoxy groups -OCH3 is 1. The summed E-state index contributed by atoms with van der Waals surface area (Å²) >= 11 is 3.36. The van der Waals surface area contributed by atoms with Gasteiger partial charge in [0.15, 0.2) is 5.69 Å². The minimum absolute atomic E-state index is 0.250. The molecule has 0 atom stereocenters. The van der Waals surface area contributed by atoms with Crippen molar-refractivity contribution < 1.29 is 9.53 Å². The maximum atomic E-state index is 11.3. The Morgan fingerprint density at radius 1 is 1.24 bits per heavy atom. The van der Waals surface area contributed by atoms with Crippen molar-refractivity contribution in [3.05, 3.63) is 46.8 Å². The molecule has 0 bridgehead atoms. The van der Waals surface area contributed by atoms with Crippen LogP contribution >= 0.6 is 15.9 Å². The molecule has 2 aromatic rings. The fourth-order valence-corrected chi connectivity index (χ4v) is 1.62. The molecule has 0 saturated heterocycles. The van der Waals surface area contributed by atoms with Crippen molar-refractivity contribution in [3.63, 3.8) is 0 Å². The number of carbonyl (C=O) groups is 1. The number of aromatic nitrogens is 2. The average Bonchev–Trinajstić information content (AvgIpc) is 2.39. The molecule has 0 radical (unpaired) electrons. The van der Waals surface area contributed by atoms with E-state index >= 15 is 0 Å². The molecule has 1 aromatic heterocycles. The van der Waals surface area contributed by atoms with Gasteiger partial charge < -0.3 is 4.74 Å². The first-order chi connectivity index (χ1) is 8.20. The van der Waals surface area contributed by atoms with Gasteiger partial charge in [-0.15, -0.1) is 0 Å². The van der Waals surface area contributed by atoms with Gasteiger partial charge in [0, 0.05) is 10.0 Å². The maximum Gasteiger partial charge on any atom is 0.356 e. The monoisotopic (exact) mass is 292 g/mol. The van der Waals surface area contributed by atoms with Crippen molar-refractivity contribution in [1.29, 1.82) is 0 Å². The summed E-state index contributed by atoms with van der Waals surface area (Å²) in [5.74, 6) is -0.467. The summed E-state index contributed by atoms with van der Waals surface area (Å²) in [6.45, 7) is 0. The Kier molecular flexibility index (Phi) is 3.49. The topological polar surface area (TPSA) is 52.1 Å².